The van der Waals surface area contributed by atoms with Crippen molar-refractivity contribution in [1.82, 2.24) is 9.88 Å². The second-order valence-electron chi connectivity index (χ2n) is 5.33. The molecule has 2 aromatic rings. The molecule has 0 aliphatic heterocycles. The SMILES string of the molecule is Cn1cc(C(=O)NCC(C)(O)c2ccc(F)cc2)ccc1=O. The van der Waals surface area contributed by atoms with Gasteiger partial charge in [0.25, 0.3) is 5.91 Å². The molecular weight excluding hydrogens is 287 g/mol. The average Bonchev–Trinajstić information content (AvgIpc) is 2.48. The van der Waals surface area contributed by atoms with Gasteiger partial charge in [0.2, 0.25) is 5.56 Å². The van der Waals surface area contributed by atoms with Gasteiger partial charge in [0.15, 0.2) is 0 Å². The van der Waals surface area contributed by atoms with Crippen LogP contribution in [0.2, 0.25) is 0 Å². The minimum Gasteiger partial charge on any atom is -0.384 e. The highest BCUT2D eigenvalue weighted by Gasteiger charge is 2.24. The molecule has 0 fully saturated rings. The lowest BCUT2D eigenvalue weighted by molar-refractivity contribution is 0.0525. The third kappa shape index (κ3) is 3.59. The summed E-state index contributed by atoms with van der Waals surface area (Å²) in [7, 11) is 1.55. The number of hydrogen-bond donors (Lipinski definition) is 2. The molecule has 116 valence electrons. The van der Waals surface area contributed by atoms with Gasteiger partial charge in [-0.05, 0) is 30.7 Å². The van der Waals surface area contributed by atoms with Gasteiger partial charge in [-0.2, -0.15) is 0 Å². The number of nitrogens with one attached hydrogen (secondary N) is 1. The molecule has 0 saturated heterocycles. The molecule has 0 radical (unpaired) electrons. The lowest BCUT2D eigenvalue weighted by Gasteiger charge is -2.24. The van der Waals surface area contributed by atoms with Crippen LogP contribution in [0.15, 0.2) is 47.4 Å². The molecule has 0 bridgehead atoms. The van der Waals surface area contributed by atoms with Crippen LogP contribution in [0.4, 0.5) is 4.39 Å². The molecule has 2 N–H and O–H groups in total. The Morgan fingerprint density at radius 2 is 1.91 bits per heavy atom. The van der Waals surface area contributed by atoms with Crippen LogP contribution in [0.5, 0.6) is 0 Å². The fourth-order valence-electron chi connectivity index (χ4n) is 1.99. The van der Waals surface area contributed by atoms with E-state index in [0.717, 1.165) is 0 Å². The van der Waals surface area contributed by atoms with Gasteiger partial charge < -0.3 is 15.0 Å². The lowest BCUT2D eigenvalue weighted by Crippen LogP contribution is -2.38. The highest BCUT2D eigenvalue weighted by atomic mass is 19.1. The molecule has 1 heterocycles. The molecule has 0 saturated carbocycles. The predicted molar refractivity (Wildman–Crippen MR) is 80.0 cm³/mol. The van der Waals surface area contributed by atoms with Gasteiger partial charge in [-0.3, -0.25) is 9.59 Å². The lowest BCUT2D eigenvalue weighted by atomic mass is 9.96. The summed E-state index contributed by atoms with van der Waals surface area (Å²) in [4.78, 5) is 23.3. The number of aryl methyl sites for hydroxylation is 1. The van der Waals surface area contributed by atoms with Crippen LogP contribution in [0.25, 0.3) is 0 Å². The van der Waals surface area contributed by atoms with Gasteiger partial charge in [-0.15, -0.1) is 0 Å². The molecule has 6 heteroatoms. The van der Waals surface area contributed by atoms with Crippen molar-refractivity contribution in [3.63, 3.8) is 0 Å². The first-order chi connectivity index (χ1) is 10.3. The fourth-order valence-corrected chi connectivity index (χ4v) is 1.99. The number of nitrogens with zero attached hydrogens (tertiary/aromatic N) is 1. The molecule has 1 atom stereocenters. The number of benzene rings is 1. The van der Waals surface area contributed by atoms with Crippen molar-refractivity contribution in [2.24, 2.45) is 7.05 Å². The molecule has 0 aliphatic carbocycles. The van der Waals surface area contributed by atoms with Crippen LogP contribution >= 0.6 is 0 Å². The topological polar surface area (TPSA) is 71.3 Å². The summed E-state index contributed by atoms with van der Waals surface area (Å²) in [6.45, 7) is 1.49. The first-order valence-corrected chi connectivity index (χ1v) is 6.73. The third-order valence-corrected chi connectivity index (χ3v) is 3.41. The number of amides is 1. The van der Waals surface area contributed by atoms with Crippen molar-refractivity contribution in [3.8, 4) is 0 Å². The Morgan fingerprint density at radius 1 is 1.27 bits per heavy atom. The van der Waals surface area contributed by atoms with Gasteiger partial charge in [0.1, 0.15) is 11.4 Å². The van der Waals surface area contributed by atoms with Gasteiger partial charge in [-0.1, -0.05) is 12.1 Å². The Morgan fingerprint density at radius 3 is 2.50 bits per heavy atom. The Labute approximate surface area is 127 Å². The number of rotatable bonds is 4. The maximum atomic E-state index is 12.9. The standard InChI is InChI=1S/C16H17FN2O3/c1-16(22,12-4-6-13(17)7-5-12)10-18-15(21)11-3-8-14(20)19(2)9-11/h3-9,22H,10H2,1-2H3,(H,18,21). The number of carbonyl (C=O) groups excluding carboxylic acids is 1. The van der Waals surface area contributed by atoms with Crippen molar-refractivity contribution >= 4 is 5.91 Å². The van der Waals surface area contributed by atoms with E-state index in [2.05, 4.69) is 5.32 Å². The zero-order valence-electron chi connectivity index (χ0n) is 12.3. The Kier molecular flexibility index (Phi) is 4.42. The zero-order chi connectivity index (χ0) is 16.3. The molecule has 1 aromatic heterocycles. The van der Waals surface area contributed by atoms with Gasteiger partial charge >= 0.3 is 0 Å². The van der Waals surface area contributed by atoms with E-state index in [1.165, 1.54) is 54.1 Å². The van der Waals surface area contributed by atoms with E-state index in [1.807, 2.05) is 0 Å². The van der Waals surface area contributed by atoms with Gasteiger partial charge in [0, 0.05) is 19.3 Å². The second kappa shape index (κ2) is 6.11. The molecule has 1 unspecified atom stereocenters. The van der Waals surface area contributed by atoms with Crippen LogP contribution in [0.3, 0.4) is 0 Å². The maximum absolute atomic E-state index is 12.9. The zero-order valence-corrected chi connectivity index (χ0v) is 12.3. The maximum Gasteiger partial charge on any atom is 0.252 e. The molecule has 1 aromatic carbocycles. The fraction of sp³-hybridized carbons (Fsp3) is 0.250. The largest absolute Gasteiger partial charge is 0.384 e. The van der Waals surface area contributed by atoms with Gasteiger partial charge in [0.05, 0.1) is 12.1 Å². The van der Waals surface area contributed by atoms with Crippen LogP contribution in [-0.2, 0) is 12.6 Å². The number of aliphatic hydroxyl groups is 1. The second-order valence-corrected chi connectivity index (χ2v) is 5.33. The Balaban J connectivity index is 2.07. The first kappa shape index (κ1) is 15.9. The van der Waals surface area contributed by atoms with Crippen molar-refractivity contribution in [2.75, 3.05) is 6.54 Å². The number of hydrogen-bond acceptors (Lipinski definition) is 3. The number of pyridine rings is 1. The Hall–Kier alpha value is -2.47. The van der Waals surface area contributed by atoms with Crippen molar-refractivity contribution < 1.29 is 14.3 Å². The van der Waals surface area contributed by atoms with Crippen LogP contribution < -0.4 is 10.9 Å². The molecular formula is C16H17FN2O3. The van der Waals surface area contributed by atoms with Gasteiger partial charge in [-0.25, -0.2) is 4.39 Å². The summed E-state index contributed by atoms with van der Waals surface area (Å²) >= 11 is 0. The summed E-state index contributed by atoms with van der Waals surface area (Å²) in [6, 6.07) is 8.15. The number of aromatic nitrogens is 1. The van der Waals surface area contributed by atoms with E-state index in [9.17, 15) is 19.1 Å². The minimum absolute atomic E-state index is 0.0414. The van der Waals surface area contributed by atoms with E-state index in [4.69, 9.17) is 0 Å². The molecule has 1 amide bonds. The summed E-state index contributed by atoms with van der Waals surface area (Å²) in [6.07, 6.45) is 1.42. The molecule has 5 nitrogen and oxygen atoms in total. The Bertz CT molecular complexity index is 736. The van der Waals surface area contributed by atoms with Crippen molar-refractivity contribution in [2.45, 2.75) is 12.5 Å². The van der Waals surface area contributed by atoms with Crippen LogP contribution in [0.1, 0.15) is 22.8 Å². The predicted octanol–water partition coefficient (Wildman–Crippen LogP) is 1.16. The van der Waals surface area contributed by atoms with E-state index in [1.54, 1.807) is 7.05 Å². The number of carbonyl (C=O) groups is 1. The molecule has 22 heavy (non-hydrogen) atoms. The smallest absolute Gasteiger partial charge is 0.252 e. The minimum atomic E-state index is -1.33. The van der Waals surface area contributed by atoms with Crippen LogP contribution in [-0.4, -0.2) is 22.1 Å². The first-order valence-electron chi connectivity index (χ1n) is 6.73. The monoisotopic (exact) mass is 304 g/mol. The van der Waals surface area contributed by atoms with E-state index in [0.29, 0.717) is 11.1 Å². The summed E-state index contributed by atoms with van der Waals surface area (Å²) in [5.74, 6) is -0.799. The molecule has 0 aliphatic rings. The van der Waals surface area contributed by atoms with E-state index >= 15 is 0 Å². The summed E-state index contributed by atoms with van der Waals surface area (Å²) in [5.41, 5.74) is -0.731. The van der Waals surface area contributed by atoms with E-state index < -0.39 is 17.3 Å². The summed E-state index contributed by atoms with van der Waals surface area (Å²) in [5, 5.41) is 13.0. The van der Waals surface area contributed by atoms with Crippen LogP contribution in [0, 0.1) is 5.82 Å². The molecule has 2 rings (SSSR count). The molecule has 0 spiro atoms. The van der Waals surface area contributed by atoms with Crippen molar-refractivity contribution in [3.05, 3.63) is 69.9 Å². The highest BCUT2D eigenvalue weighted by molar-refractivity contribution is 5.93. The normalized spacial score (nSPS) is 13.5. The van der Waals surface area contributed by atoms with Crippen molar-refractivity contribution in [1.29, 1.82) is 0 Å². The van der Waals surface area contributed by atoms with E-state index in [-0.39, 0.29) is 12.1 Å². The quantitative estimate of drug-likeness (QED) is 0.890. The number of halogens is 1. The third-order valence-electron chi connectivity index (χ3n) is 3.41. The highest BCUT2D eigenvalue weighted by Crippen LogP contribution is 2.20. The average molecular weight is 304 g/mol. The summed E-state index contributed by atoms with van der Waals surface area (Å²) < 4.78 is 14.2.